The molecule has 1 aromatic carbocycles. The van der Waals surface area contributed by atoms with Crippen LogP contribution >= 0.6 is 0 Å². The second-order valence-electron chi connectivity index (χ2n) is 5.36. The van der Waals surface area contributed by atoms with Gasteiger partial charge in [0.15, 0.2) is 5.16 Å². The molecule has 0 bridgehead atoms. The lowest BCUT2D eigenvalue weighted by atomic mass is 10.1. The van der Waals surface area contributed by atoms with Gasteiger partial charge in [0.1, 0.15) is 11.5 Å². The predicted molar refractivity (Wildman–Crippen MR) is 93.0 cm³/mol. The van der Waals surface area contributed by atoms with Crippen LogP contribution in [0, 0.1) is 13.8 Å². The molecule has 1 unspecified atom stereocenters. The van der Waals surface area contributed by atoms with Crippen LogP contribution in [-0.2, 0) is 16.6 Å². The van der Waals surface area contributed by atoms with Crippen molar-refractivity contribution in [1.29, 1.82) is 0 Å². The summed E-state index contributed by atoms with van der Waals surface area (Å²) in [5.41, 5.74) is 3.05. The summed E-state index contributed by atoms with van der Waals surface area (Å²) in [6.45, 7) is 3.42. The fourth-order valence-electron chi connectivity index (χ4n) is 2.45. The number of methoxy groups -OCH3 is 2. The number of aromatic nitrogens is 3. The first-order chi connectivity index (χ1) is 12.7. The van der Waals surface area contributed by atoms with E-state index in [0.29, 0.717) is 33.2 Å². The van der Waals surface area contributed by atoms with Crippen molar-refractivity contribution in [2.45, 2.75) is 24.8 Å². The van der Waals surface area contributed by atoms with Gasteiger partial charge in [-0.25, -0.2) is 4.98 Å². The van der Waals surface area contributed by atoms with Crippen LogP contribution in [0.1, 0.15) is 20.9 Å². The van der Waals surface area contributed by atoms with Crippen molar-refractivity contribution in [3.63, 3.8) is 0 Å². The van der Waals surface area contributed by atoms with Gasteiger partial charge in [0.2, 0.25) is 0 Å². The van der Waals surface area contributed by atoms with E-state index >= 15 is 0 Å². The predicted octanol–water partition coefficient (Wildman–Crippen LogP) is 2.90. The highest BCUT2D eigenvalue weighted by Crippen LogP contribution is 2.26. The maximum Gasteiger partial charge on any atom is 0.197 e. The molecule has 24 heavy (non-hydrogen) atoms. The molecule has 2 heterocycles. The van der Waals surface area contributed by atoms with Crippen LogP contribution in [0.5, 0.6) is 11.5 Å². The number of nitrogens with zero attached hydrogens (tertiary/aromatic N) is 2. The van der Waals surface area contributed by atoms with Crippen LogP contribution in [0.25, 0.3) is 11.0 Å². The molecular weight excluding hydrogens is 327 g/mol. The van der Waals surface area contributed by atoms with Crippen molar-refractivity contribution < 1.29 is 17.8 Å². The Morgan fingerprint density at radius 1 is 1.33 bits per heavy atom. The molecule has 0 saturated heterocycles. The van der Waals surface area contributed by atoms with Crippen LogP contribution in [0.2, 0.25) is 0 Å². The van der Waals surface area contributed by atoms with E-state index in [0.717, 1.165) is 5.52 Å². The van der Waals surface area contributed by atoms with Gasteiger partial charge < -0.3 is 14.5 Å². The number of imidazole rings is 1. The third kappa shape index (κ3) is 2.99. The van der Waals surface area contributed by atoms with Gasteiger partial charge in [-0.15, -0.1) is 0 Å². The zero-order valence-corrected chi connectivity index (χ0v) is 14.4. The molecule has 126 valence electrons. The lowest BCUT2D eigenvalue weighted by Gasteiger charge is -2.11. The first-order valence-electron chi connectivity index (χ1n) is 8.74. The van der Waals surface area contributed by atoms with Gasteiger partial charge in [-0.3, -0.25) is 9.19 Å². The standard InChI is InChI=1S/C17H19N3O3S/c1-10-8-18-15(11(2)16(10)23-4)9-24(21)17-19-13-6-5-12(22-3)7-14(13)20-17/h5-8H,9H2,1-4H3,(H,19,20)/i4+1D3. The second kappa shape index (κ2) is 6.60. The highest BCUT2D eigenvalue weighted by Gasteiger charge is 2.16. The van der Waals surface area contributed by atoms with E-state index in [9.17, 15) is 4.21 Å². The Balaban J connectivity index is 1.89. The Morgan fingerprint density at radius 2 is 2.17 bits per heavy atom. The first-order valence-corrected chi connectivity index (χ1v) is 8.56. The van der Waals surface area contributed by atoms with E-state index in [1.807, 2.05) is 0 Å². The monoisotopic (exact) mass is 349 g/mol. The van der Waals surface area contributed by atoms with Crippen LogP contribution in [0.4, 0.5) is 0 Å². The average molecular weight is 349 g/mol. The molecule has 0 amide bonds. The Kier molecular flexibility index (Phi) is 3.56. The van der Waals surface area contributed by atoms with Gasteiger partial charge in [0.25, 0.3) is 0 Å². The van der Waals surface area contributed by atoms with E-state index in [-0.39, 0.29) is 11.5 Å². The fraction of sp³-hybridized carbons (Fsp3) is 0.294. The lowest BCUT2D eigenvalue weighted by Crippen LogP contribution is -2.05. The fourth-order valence-corrected chi connectivity index (χ4v) is 3.55. The summed E-state index contributed by atoms with van der Waals surface area (Å²) >= 11 is 0. The SMILES string of the molecule is [2H][13C]([2H])([2H])Oc1c(C)cnc(CS(=O)c2nc3ccc(OC)cc3[nH]2)c1C. The first kappa shape index (κ1) is 12.9. The molecule has 2 aromatic heterocycles. The second-order valence-corrected chi connectivity index (χ2v) is 6.73. The van der Waals surface area contributed by atoms with Gasteiger partial charge >= 0.3 is 0 Å². The number of pyridine rings is 1. The summed E-state index contributed by atoms with van der Waals surface area (Å²) in [5, 5.41) is 0.318. The summed E-state index contributed by atoms with van der Waals surface area (Å²) in [4.78, 5) is 11.7. The number of fused-ring (bicyclic) bond motifs is 1. The Labute approximate surface area is 146 Å². The molecular formula is C17H19N3O3S. The zero-order chi connectivity index (χ0) is 19.8. The van der Waals surface area contributed by atoms with E-state index in [1.54, 1.807) is 39.2 Å². The number of ether oxygens (including phenoxy) is 2. The van der Waals surface area contributed by atoms with Crippen LogP contribution < -0.4 is 9.47 Å². The maximum absolute atomic E-state index is 12.8. The number of rotatable bonds is 5. The molecule has 0 fully saturated rings. The molecule has 0 saturated carbocycles. The van der Waals surface area contributed by atoms with Gasteiger partial charge in [0, 0.05) is 23.4 Å². The zero-order valence-electron chi connectivity index (χ0n) is 16.5. The van der Waals surface area contributed by atoms with Crippen molar-refractivity contribution in [3.05, 3.63) is 41.2 Å². The quantitative estimate of drug-likeness (QED) is 0.717. The molecule has 1 atom stereocenters. The average Bonchev–Trinajstić information content (AvgIpc) is 3.03. The number of benzene rings is 1. The van der Waals surface area contributed by atoms with E-state index in [1.165, 1.54) is 6.20 Å². The van der Waals surface area contributed by atoms with Gasteiger partial charge in [-0.1, -0.05) is 0 Å². The third-order valence-electron chi connectivity index (χ3n) is 3.80. The lowest BCUT2D eigenvalue weighted by molar-refractivity contribution is 0.407. The smallest absolute Gasteiger partial charge is 0.197 e. The number of H-pyrrole nitrogens is 1. The molecule has 0 aliphatic carbocycles. The summed E-state index contributed by atoms with van der Waals surface area (Å²) in [6.07, 6.45) is 1.52. The molecule has 3 aromatic rings. The topological polar surface area (TPSA) is 77.1 Å². The van der Waals surface area contributed by atoms with Crippen LogP contribution in [-0.4, -0.2) is 33.3 Å². The minimum absolute atomic E-state index is 0.0838. The minimum Gasteiger partial charge on any atom is -0.497 e. The molecule has 6 nitrogen and oxygen atoms in total. The summed E-state index contributed by atoms with van der Waals surface area (Å²) in [5.74, 6) is 0.998. The Hall–Kier alpha value is -2.41. The summed E-state index contributed by atoms with van der Waals surface area (Å²) in [6, 6.07) is 5.34. The Morgan fingerprint density at radius 3 is 2.92 bits per heavy atom. The molecule has 0 radical (unpaired) electrons. The van der Waals surface area contributed by atoms with Crippen molar-refractivity contribution in [3.8, 4) is 11.5 Å². The summed E-state index contributed by atoms with van der Waals surface area (Å²) < 4.78 is 45.0. The van der Waals surface area contributed by atoms with Crippen molar-refractivity contribution >= 4 is 21.8 Å². The van der Waals surface area contributed by atoms with E-state index in [4.69, 9.17) is 13.6 Å². The number of aryl methyl sites for hydroxylation is 1. The van der Waals surface area contributed by atoms with Gasteiger partial charge in [-0.2, -0.15) is 0 Å². The Bertz CT molecular complexity index is 1020. The normalized spacial score (nSPS) is 14.7. The van der Waals surface area contributed by atoms with Crippen molar-refractivity contribution in [2.24, 2.45) is 0 Å². The molecule has 0 spiro atoms. The molecule has 7 heteroatoms. The molecule has 1 N–H and O–H groups in total. The maximum atomic E-state index is 12.8. The largest absolute Gasteiger partial charge is 0.497 e. The molecule has 0 aliphatic rings. The van der Waals surface area contributed by atoms with Gasteiger partial charge in [0.05, 0.1) is 51.5 Å². The van der Waals surface area contributed by atoms with E-state index < -0.39 is 17.8 Å². The van der Waals surface area contributed by atoms with Crippen LogP contribution in [0.3, 0.4) is 0 Å². The number of nitrogens with one attached hydrogen (secondary N) is 1. The number of hydrogen-bond acceptors (Lipinski definition) is 5. The summed E-state index contributed by atoms with van der Waals surface area (Å²) in [7, 11) is -2.48. The van der Waals surface area contributed by atoms with Crippen molar-refractivity contribution in [2.75, 3.05) is 14.1 Å². The van der Waals surface area contributed by atoms with Crippen LogP contribution in [0.15, 0.2) is 29.6 Å². The highest BCUT2D eigenvalue weighted by molar-refractivity contribution is 7.84. The number of aromatic amines is 1. The van der Waals surface area contributed by atoms with Gasteiger partial charge in [-0.05, 0) is 26.0 Å². The number of hydrogen-bond donors (Lipinski definition) is 1. The van der Waals surface area contributed by atoms with E-state index in [2.05, 4.69) is 15.0 Å². The van der Waals surface area contributed by atoms with Crippen molar-refractivity contribution in [1.82, 2.24) is 15.0 Å². The highest BCUT2D eigenvalue weighted by atomic mass is 32.2. The molecule has 3 rings (SSSR count). The minimum atomic E-state index is -2.56. The molecule has 0 aliphatic heterocycles. The third-order valence-corrected chi connectivity index (χ3v) is 4.96.